The molecular formula is C17H14N2O2. The standard InChI is InChI=1S/C17H14N2O2/c1-11-5-6-15-14(9-11)16(7-8-18-15)19-13-4-2-3-12(10-13)17(20)21/h2-10H,1H3,(H,18,19)(H,20,21). The van der Waals surface area contributed by atoms with E-state index < -0.39 is 5.97 Å². The van der Waals surface area contributed by atoms with Crippen molar-refractivity contribution in [1.82, 2.24) is 4.98 Å². The Morgan fingerprint density at radius 2 is 2.00 bits per heavy atom. The van der Waals surface area contributed by atoms with Gasteiger partial charge in [0.15, 0.2) is 0 Å². The van der Waals surface area contributed by atoms with Crippen molar-refractivity contribution in [3.63, 3.8) is 0 Å². The van der Waals surface area contributed by atoms with E-state index in [-0.39, 0.29) is 5.56 Å². The molecule has 0 unspecified atom stereocenters. The van der Waals surface area contributed by atoms with E-state index in [4.69, 9.17) is 5.11 Å². The Kier molecular flexibility index (Phi) is 3.28. The van der Waals surface area contributed by atoms with E-state index in [9.17, 15) is 4.79 Å². The van der Waals surface area contributed by atoms with E-state index in [0.717, 1.165) is 27.8 Å². The van der Waals surface area contributed by atoms with Crippen LogP contribution in [0.25, 0.3) is 10.9 Å². The zero-order valence-corrected chi connectivity index (χ0v) is 11.5. The van der Waals surface area contributed by atoms with Crippen LogP contribution >= 0.6 is 0 Å². The van der Waals surface area contributed by atoms with E-state index in [1.54, 1.807) is 24.4 Å². The average molecular weight is 278 g/mol. The maximum atomic E-state index is 11.0. The van der Waals surface area contributed by atoms with Gasteiger partial charge in [-0.1, -0.05) is 17.7 Å². The summed E-state index contributed by atoms with van der Waals surface area (Å²) in [6.45, 7) is 2.03. The van der Waals surface area contributed by atoms with Crippen molar-refractivity contribution in [1.29, 1.82) is 0 Å². The lowest BCUT2D eigenvalue weighted by molar-refractivity contribution is 0.0697. The summed E-state index contributed by atoms with van der Waals surface area (Å²) in [5, 5.41) is 13.3. The maximum Gasteiger partial charge on any atom is 0.335 e. The summed E-state index contributed by atoms with van der Waals surface area (Å²) < 4.78 is 0. The SMILES string of the molecule is Cc1ccc2nccc(Nc3cccc(C(=O)O)c3)c2c1. The third-order valence-electron chi connectivity index (χ3n) is 3.29. The Balaban J connectivity index is 2.04. The molecule has 0 saturated heterocycles. The first-order valence-corrected chi connectivity index (χ1v) is 6.59. The fraction of sp³-hybridized carbons (Fsp3) is 0.0588. The van der Waals surface area contributed by atoms with Gasteiger partial charge in [0.1, 0.15) is 0 Å². The minimum atomic E-state index is -0.936. The summed E-state index contributed by atoms with van der Waals surface area (Å²) in [6, 6.07) is 14.7. The summed E-state index contributed by atoms with van der Waals surface area (Å²) in [5.74, 6) is -0.936. The highest BCUT2D eigenvalue weighted by atomic mass is 16.4. The molecule has 3 rings (SSSR count). The van der Waals surface area contributed by atoms with Crippen LogP contribution in [0.1, 0.15) is 15.9 Å². The molecule has 0 radical (unpaired) electrons. The molecule has 0 atom stereocenters. The van der Waals surface area contributed by atoms with Crippen LogP contribution in [-0.2, 0) is 0 Å². The molecule has 0 bridgehead atoms. The summed E-state index contributed by atoms with van der Waals surface area (Å²) in [4.78, 5) is 15.4. The highest BCUT2D eigenvalue weighted by Crippen LogP contribution is 2.26. The number of carboxylic acids is 1. The van der Waals surface area contributed by atoms with Crippen LogP contribution in [0.15, 0.2) is 54.7 Å². The Hall–Kier alpha value is -2.88. The minimum Gasteiger partial charge on any atom is -0.478 e. The van der Waals surface area contributed by atoms with Gasteiger partial charge in [-0.15, -0.1) is 0 Å². The molecule has 2 N–H and O–H groups in total. The number of hydrogen-bond donors (Lipinski definition) is 2. The number of anilines is 2. The predicted octanol–water partition coefficient (Wildman–Crippen LogP) is 3.99. The van der Waals surface area contributed by atoms with Crippen molar-refractivity contribution in [2.45, 2.75) is 6.92 Å². The van der Waals surface area contributed by atoms with Gasteiger partial charge in [-0.05, 0) is 43.3 Å². The van der Waals surface area contributed by atoms with Crippen molar-refractivity contribution in [2.24, 2.45) is 0 Å². The molecule has 4 nitrogen and oxygen atoms in total. The van der Waals surface area contributed by atoms with Crippen LogP contribution in [0, 0.1) is 6.92 Å². The lowest BCUT2D eigenvalue weighted by atomic mass is 10.1. The number of pyridine rings is 1. The third kappa shape index (κ3) is 2.69. The second-order valence-corrected chi connectivity index (χ2v) is 4.89. The number of hydrogen-bond acceptors (Lipinski definition) is 3. The quantitative estimate of drug-likeness (QED) is 0.760. The lowest BCUT2D eigenvalue weighted by Crippen LogP contribution is -1.98. The van der Waals surface area contributed by atoms with E-state index in [1.165, 1.54) is 0 Å². The minimum absolute atomic E-state index is 0.259. The number of nitrogens with one attached hydrogen (secondary N) is 1. The molecule has 0 saturated carbocycles. The van der Waals surface area contributed by atoms with Crippen LogP contribution in [0.5, 0.6) is 0 Å². The number of benzene rings is 2. The molecular weight excluding hydrogens is 264 g/mol. The van der Waals surface area contributed by atoms with E-state index >= 15 is 0 Å². The average Bonchev–Trinajstić information content (AvgIpc) is 2.48. The second kappa shape index (κ2) is 5.25. The summed E-state index contributed by atoms with van der Waals surface area (Å²) in [7, 11) is 0. The number of carboxylic acid groups (broad SMARTS) is 1. The number of nitrogens with zero attached hydrogens (tertiary/aromatic N) is 1. The number of carbonyl (C=O) groups is 1. The number of aromatic nitrogens is 1. The summed E-state index contributed by atoms with van der Waals surface area (Å²) in [5.41, 5.74) is 3.96. The Morgan fingerprint density at radius 1 is 1.14 bits per heavy atom. The third-order valence-corrected chi connectivity index (χ3v) is 3.29. The molecule has 0 spiro atoms. The molecule has 4 heteroatoms. The first kappa shape index (κ1) is 13.1. The van der Waals surface area contributed by atoms with Gasteiger partial charge in [0.05, 0.1) is 11.1 Å². The Bertz CT molecular complexity index is 828. The number of aryl methyl sites for hydroxylation is 1. The molecule has 0 aliphatic rings. The van der Waals surface area contributed by atoms with Crippen molar-refractivity contribution in [2.75, 3.05) is 5.32 Å². The van der Waals surface area contributed by atoms with Crippen LogP contribution in [0.2, 0.25) is 0 Å². The van der Waals surface area contributed by atoms with Crippen molar-refractivity contribution in [3.8, 4) is 0 Å². The fourth-order valence-corrected chi connectivity index (χ4v) is 2.25. The van der Waals surface area contributed by atoms with Gasteiger partial charge in [-0.3, -0.25) is 4.98 Å². The lowest BCUT2D eigenvalue weighted by Gasteiger charge is -2.10. The predicted molar refractivity (Wildman–Crippen MR) is 83.2 cm³/mol. The smallest absolute Gasteiger partial charge is 0.335 e. The van der Waals surface area contributed by atoms with E-state index in [2.05, 4.69) is 16.4 Å². The van der Waals surface area contributed by atoms with Gasteiger partial charge >= 0.3 is 5.97 Å². The summed E-state index contributed by atoms with van der Waals surface area (Å²) >= 11 is 0. The molecule has 3 aromatic rings. The van der Waals surface area contributed by atoms with Crippen molar-refractivity contribution >= 4 is 28.2 Å². The molecule has 1 aromatic heterocycles. The van der Waals surface area contributed by atoms with Crippen LogP contribution in [-0.4, -0.2) is 16.1 Å². The number of fused-ring (bicyclic) bond motifs is 1. The zero-order valence-electron chi connectivity index (χ0n) is 11.5. The zero-order chi connectivity index (χ0) is 14.8. The van der Waals surface area contributed by atoms with Crippen molar-refractivity contribution < 1.29 is 9.90 Å². The highest BCUT2D eigenvalue weighted by Gasteiger charge is 2.06. The number of aromatic carboxylic acids is 1. The fourth-order valence-electron chi connectivity index (χ4n) is 2.25. The molecule has 0 amide bonds. The van der Waals surface area contributed by atoms with Gasteiger partial charge in [0, 0.05) is 23.0 Å². The van der Waals surface area contributed by atoms with E-state index in [1.807, 2.05) is 31.2 Å². The number of rotatable bonds is 3. The van der Waals surface area contributed by atoms with Gasteiger partial charge in [-0.2, -0.15) is 0 Å². The first-order valence-electron chi connectivity index (χ1n) is 6.59. The molecule has 0 aliphatic carbocycles. The Labute approximate surface area is 122 Å². The van der Waals surface area contributed by atoms with Gasteiger partial charge in [0.2, 0.25) is 0 Å². The van der Waals surface area contributed by atoms with Gasteiger partial charge in [0.25, 0.3) is 0 Å². The first-order chi connectivity index (χ1) is 10.1. The maximum absolute atomic E-state index is 11.0. The molecule has 21 heavy (non-hydrogen) atoms. The molecule has 104 valence electrons. The van der Waals surface area contributed by atoms with E-state index in [0.29, 0.717) is 0 Å². The van der Waals surface area contributed by atoms with Crippen molar-refractivity contribution in [3.05, 3.63) is 65.9 Å². The normalized spacial score (nSPS) is 10.5. The largest absolute Gasteiger partial charge is 0.478 e. The molecule has 0 aliphatic heterocycles. The monoisotopic (exact) mass is 278 g/mol. The molecule has 2 aromatic carbocycles. The molecule has 0 fully saturated rings. The van der Waals surface area contributed by atoms with Gasteiger partial charge in [-0.25, -0.2) is 4.79 Å². The van der Waals surface area contributed by atoms with Crippen LogP contribution in [0.3, 0.4) is 0 Å². The Morgan fingerprint density at radius 3 is 2.81 bits per heavy atom. The summed E-state index contributed by atoms with van der Waals surface area (Å²) in [6.07, 6.45) is 1.74. The second-order valence-electron chi connectivity index (χ2n) is 4.89. The van der Waals surface area contributed by atoms with Gasteiger partial charge < -0.3 is 10.4 Å². The topological polar surface area (TPSA) is 62.2 Å². The van der Waals surface area contributed by atoms with Crippen LogP contribution in [0.4, 0.5) is 11.4 Å². The molecule has 1 heterocycles. The highest BCUT2D eigenvalue weighted by molar-refractivity contribution is 5.94. The van der Waals surface area contributed by atoms with Crippen LogP contribution < -0.4 is 5.32 Å².